The van der Waals surface area contributed by atoms with E-state index in [0.717, 1.165) is 47.9 Å². The average molecular weight is 537 g/mol. The van der Waals surface area contributed by atoms with Crippen LogP contribution in [0.4, 0.5) is 0 Å². The third-order valence-electron chi connectivity index (χ3n) is 10.8. The van der Waals surface area contributed by atoms with Gasteiger partial charge in [-0.25, -0.2) is 0 Å². The first-order chi connectivity index (χ1) is 20.5. The molecule has 0 aliphatic heterocycles. The first kappa shape index (κ1) is 26.0. The molecule has 42 heavy (non-hydrogen) atoms. The summed E-state index contributed by atoms with van der Waals surface area (Å²) >= 11 is 0. The summed E-state index contributed by atoms with van der Waals surface area (Å²) < 4.78 is 0. The van der Waals surface area contributed by atoms with Crippen LogP contribution in [-0.4, -0.2) is 0 Å². The van der Waals surface area contributed by atoms with Crippen LogP contribution in [0.25, 0.3) is 0 Å². The van der Waals surface area contributed by atoms with Gasteiger partial charge in [-0.2, -0.15) is 0 Å². The van der Waals surface area contributed by atoms with E-state index in [1.165, 1.54) is 28.7 Å². The summed E-state index contributed by atoms with van der Waals surface area (Å²) in [5.41, 5.74) is 8.21. The zero-order valence-corrected chi connectivity index (χ0v) is 23.7. The first-order valence-corrected chi connectivity index (χ1v) is 14.8. The van der Waals surface area contributed by atoms with Crippen molar-refractivity contribution < 1.29 is 0 Å². The fourth-order valence-electron chi connectivity index (χ4n) is 9.74. The van der Waals surface area contributed by atoms with Crippen molar-refractivity contribution >= 4 is 0 Å². The van der Waals surface area contributed by atoms with Gasteiger partial charge in [0, 0.05) is 38.5 Å². The molecule has 0 nitrogen and oxygen atoms in total. The van der Waals surface area contributed by atoms with Crippen molar-refractivity contribution in [2.75, 3.05) is 0 Å². The monoisotopic (exact) mass is 536 g/mol. The highest BCUT2D eigenvalue weighted by atomic mass is 14.8. The van der Waals surface area contributed by atoms with Crippen molar-refractivity contribution in [3.8, 4) is 49.4 Å². The van der Waals surface area contributed by atoms with Crippen LogP contribution in [0.15, 0.2) is 97.1 Å². The SMILES string of the molecule is C#Cc1ccc(C23CC4CC(C2)CC(c2ccc(C#C)cc2)(C4)C3(c2ccc(C#C)cc2)c2ccc(C#C)cc2)cc1. The largest absolute Gasteiger partial charge is 0.115 e. The highest BCUT2D eigenvalue weighted by Crippen LogP contribution is 2.76. The molecule has 0 amide bonds. The Hall–Kier alpha value is -4.88. The van der Waals surface area contributed by atoms with Crippen LogP contribution in [0.3, 0.4) is 0 Å². The molecule has 4 aromatic rings. The molecule has 4 fully saturated rings. The Morgan fingerprint density at radius 3 is 0.929 bits per heavy atom. The van der Waals surface area contributed by atoms with Gasteiger partial charge in [0.05, 0.1) is 0 Å². The molecule has 0 N–H and O–H groups in total. The lowest BCUT2D eigenvalue weighted by Crippen LogP contribution is -2.72. The van der Waals surface area contributed by atoms with Crippen molar-refractivity contribution in [1.82, 2.24) is 0 Å². The lowest BCUT2D eigenvalue weighted by molar-refractivity contribution is -0.0904. The molecule has 4 aliphatic rings. The smallest absolute Gasteiger partial charge is 0.0396 e. The summed E-state index contributed by atoms with van der Waals surface area (Å²) in [6.45, 7) is 0. The van der Waals surface area contributed by atoms with Gasteiger partial charge in [0.1, 0.15) is 0 Å². The highest BCUT2D eigenvalue weighted by molar-refractivity contribution is 5.61. The molecule has 0 saturated heterocycles. The third-order valence-corrected chi connectivity index (χ3v) is 10.8. The van der Waals surface area contributed by atoms with E-state index >= 15 is 0 Å². The Bertz CT molecular complexity index is 1670. The fourth-order valence-corrected chi connectivity index (χ4v) is 9.74. The molecule has 0 spiro atoms. The van der Waals surface area contributed by atoms with Gasteiger partial charge in [-0.3, -0.25) is 0 Å². The molecular formula is C42H32. The summed E-state index contributed by atoms with van der Waals surface area (Å²) in [5, 5.41) is 0. The Labute approximate surface area is 250 Å². The van der Waals surface area contributed by atoms with Gasteiger partial charge in [0.15, 0.2) is 0 Å². The average Bonchev–Trinajstić information content (AvgIpc) is 3.05. The van der Waals surface area contributed by atoms with Gasteiger partial charge in [0.25, 0.3) is 0 Å². The summed E-state index contributed by atoms with van der Waals surface area (Å²) in [5.74, 6) is 12.6. The molecule has 4 bridgehead atoms. The van der Waals surface area contributed by atoms with Crippen molar-refractivity contribution in [2.45, 2.75) is 48.3 Å². The van der Waals surface area contributed by atoms with Crippen LogP contribution in [0.2, 0.25) is 0 Å². The van der Waals surface area contributed by atoms with Crippen LogP contribution in [0.5, 0.6) is 0 Å². The second-order valence-corrected chi connectivity index (χ2v) is 12.6. The number of rotatable bonds is 4. The number of hydrogen-bond donors (Lipinski definition) is 0. The molecule has 0 unspecified atom stereocenters. The molecule has 0 radical (unpaired) electrons. The Morgan fingerprint density at radius 2 is 0.667 bits per heavy atom. The van der Waals surface area contributed by atoms with Gasteiger partial charge in [-0.05, 0) is 115 Å². The fraction of sp³-hybridized carbons (Fsp3) is 0.238. The summed E-state index contributed by atoms with van der Waals surface area (Å²) in [7, 11) is 0. The Balaban J connectivity index is 1.63. The minimum Gasteiger partial charge on any atom is -0.115 e. The maximum absolute atomic E-state index is 5.86. The van der Waals surface area contributed by atoms with Crippen molar-refractivity contribution in [1.29, 1.82) is 0 Å². The molecular weight excluding hydrogens is 504 g/mol. The number of hydrogen-bond acceptors (Lipinski definition) is 0. The van der Waals surface area contributed by atoms with E-state index in [4.69, 9.17) is 25.7 Å². The van der Waals surface area contributed by atoms with Gasteiger partial charge in [-0.1, -0.05) is 72.2 Å². The summed E-state index contributed by atoms with van der Waals surface area (Å²) in [6.07, 6.45) is 29.1. The minimum atomic E-state index is -0.386. The second kappa shape index (κ2) is 9.60. The third kappa shape index (κ3) is 3.43. The van der Waals surface area contributed by atoms with Crippen LogP contribution >= 0.6 is 0 Å². The lowest BCUT2D eigenvalue weighted by atomic mass is 9.29. The molecule has 4 aromatic carbocycles. The van der Waals surface area contributed by atoms with E-state index in [-0.39, 0.29) is 16.2 Å². The normalized spacial score (nSPS) is 26.4. The van der Waals surface area contributed by atoms with E-state index < -0.39 is 0 Å². The second-order valence-electron chi connectivity index (χ2n) is 12.6. The molecule has 0 heterocycles. The molecule has 0 heteroatoms. The predicted molar refractivity (Wildman–Crippen MR) is 172 cm³/mol. The van der Waals surface area contributed by atoms with Gasteiger partial charge < -0.3 is 0 Å². The zero-order chi connectivity index (χ0) is 29.0. The summed E-state index contributed by atoms with van der Waals surface area (Å²) in [6, 6.07) is 35.3. The molecule has 0 aromatic heterocycles. The van der Waals surface area contributed by atoms with Crippen LogP contribution < -0.4 is 0 Å². The van der Waals surface area contributed by atoms with Gasteiger partial charge in [-0.15, -0.1) is 25.7 Å². The van der Waals surface area contributed by atoms with Crippen molar-refractivity contribution in [3.63, 3.8) is 0 Å². The minimum absolute atomic E-state index is 0.162. The molecule has 4 saturated carbocycles. The molecule has 4 aliphatic carbocycles. The maximum Gasteiger partial charge on any atom is 0.0396 e. The maximum atomic E-state index is 5.86. The molecule has 200 valence electrons. The van der Waals surface area contributed by atoms with Crippen LogP contribution in [-0.2, 0) is 16.2 Å². The van der Waals surface area contributed by atoms with E-state index in [0.29, 0.717) is 11.8 Å². The van der Waals surface area contributed by atoms with Crippen molar-refractivity contribution in [2.24, 2.45) is 11.8 Å². The molecule has 0 atom stereocenters. The van der Waals surface area contributed by atoms with E-state index in [2.05, 4.69) is 121 Å². The van der Waals surface area contributed by atoms with Gasteiger partial charge >= 0.3 is 0 Å². The van der Waals surface area contributed by atoms with Crippen LogP contribution in [0.1, 0.15) is 76.6 Å². The van der Waals surface area contributed by atoms with Gasteiger partial charge in [0.2, 0.25) is 0 Å². The first-order valence-electron chi connectivity index (χ1n) is 14.8. The standard InChI is InChI=1S/C42H32/c1-5-30-9-17-36(18-10-30)40-26-34-25-35(27-40)29-41(28-34,37-19-11-31(6-2)12-20-37)42(40,38-21-13-32(7-3)14-22-38)39-23-15-33(8-4)16-24-39/h1-4,9-24,34-35H,25-29H2. The Kier molecular flexibility index (Phi) is 5.95. The zero-order valence-electron chi connectivity index (χ0n) is 23.7. The Morgan fingerprint density at radius 1 is 0.405 bits per heavy atom. The lowest BCUT2D eigenvalue weighted by Gasteiger charge is -2.74. The number of terminal acetylenes is 4. The predicted octanol–water partition coefficient (Wildman–Crippen LogP) is 8.00. The highest BCUT2D eigenvalue weighted by Gasteiger charge is 2.73. The summed E-state index contributed by atoms with van der Waals surface area (Å²) in [4.78, 5) is 0. The number of benzene rings is 4. The van der Waals surface area contributed by atoms with E-state index in [1.807, 2.05) is 0 Å². The topological polar surface area (TPSA) is 0 Å². The van der Waals surface area contributed by atoms with Crippen molar-refractivity contribution in [3.05, 3.63) is 142 Å². The van der Waals surface area contributed by atoms with E-state index in [9.17, 15) is 0 Å². The van der Waals surface area contributed by atoms with Crippen LogP contribution in [0, 0.1) is 61.2 Å². The molecule has 8 rings (SSSR count). The quantitative estimate of drug-likeness (QED) is 0.232. The van der Waals surface area contributed by atoms with E-state index in [1.54, 1.807) is 0 Å².